The third-order valence-electron chi connectivity index (χ3n) is 3.82. The Hall–Kier alpha value is -2.55. The molecule has 0 aliphatic heterocycles. The number of H-pyrrole nitrogens is 1. The van der Waals surface area contributed by atoms with Crippen LogP contribution in [-0.2, 0) is 11.2 Å². The van der Waals surface area contributed by atoms with Crippen LogP contribution in [0, 0.1) is 5.82 Å². The molecule has 2 aromatic carbocycles. The predicted octanol–water partition coefficient (Wildman–Crippen LogP) is 4.24. The van der Waals surface area contributed by atoms with Gasteiger partial charge in [0.1, 0.15) is 5.82 Å². The SMILES string of the molecule is O=C(CSc1nc(O)c(Cc2ccc(Cl)c(Cl)c2)c(=O)[nH]1)Nc1ccccc1F. The second-order valence-corrected chi connectivity index (χ2v) is 7.69. The maximum atomic E-state index is 13.6. The van der Waals surface area contributed by atoms with Crippen LogP contribution in [0.5, 0.6) is 5.88 Å². The van der Waals surface area contributed by atoms with Gasteiger partial charge in [0.05, 0.1) is 27.0 Å². The van der Waals surface area contributed by atoms with E-state index in [1.807, 2.05) is 0 Å². The van der Waals surface area contributed by atoms with Gasteiger partial charge in [0.2, 0.25) is 11.8 Å². The molecule has 0 radical (unpaired) electrons. The van der Waals surface area contributed by atoms with E-state index in [0.717, 1.165) is 11.8 Å². The van der Waals surface area contributed by atoms with Crippen molar-refractivity contribution in [2.75, 3.05) is 11.1 Å². The minimum Gasteiger partial charge on any atom is -0.493 e. The van der Waals surface area contributed by atoms with Gasteiger partial charge in [0.15, 0.2) is 5.16 Å². The Bertz CT molecular complexity index is 1120. The van der Waals surface area contributed by atoms with E-state index in [1.165, 1.54) is 18.2 Å². The van der Waals surface area contributed by atoms with E-state index in [0.29, 0.717) is 15.6 Å². The Morgan fingerprint density at radius 3 is 2.66 bits per heavy atom. The molecular formula is C19H14Cl2FN3O3S. The highest BCUT2D eigenvalue weighted by molar-refractivity contribution is 7.99. The Labute approximate surface area is 179 Å². The number of halogens is 3. The Kier molecular flexibility index (Phi) is 6.79. The van der Waals surface area contributed by atoms with E-state index in [-0.39, 0.29) is 28.6 Å². The van der Waals surface area contributed by atoms with Gasteiger partial charge in [-0.15, -0.1) is 0 Å². The van der Waals surface area contributed by atoms with Crippen molar-refractivity contribution >= 4 is 46.6 Å². The standard InChI is InChI=1S/C19H14Cl2FN3O3S/c20-12-6-5-10(8-13(12)21)7-11-17(27)24-19(25-18(11)28)29-9-16(26)23-15-4-2-1-3-14(15)22/h1-6,8H,7,9H2,(H,23,26)(H2,24,25,27,28). The van der Waals surface area contributed by atoms with Crippen molar-refractivity contribution in [3.63, 3.8) is 0 Å². The molecule has 0 spiro atoms. The van der Waals surface area contributed by atoms with E-state index < -0.39 is 23.2 Å². The average molecular weight is 454 g/mol. The van der Waals surface area contributed by atoms with E-state index >= 15 is 0 Å². The molecule has 0 unspecified atom stereocenters. The van der Waals surface area contributed by atoms with Gasteiger partial charge >= 0.3 is 0 Å². The molecule has 0 saturated carbocycles. The van der Waals surface area contributed by atoms with Crippen molar-refractivity contribution in [1.29, 1.82) is 0 Å². The largest absolute Gasteiger partial charge is 0.493 e. The number of carbonyl (C=O) groups excluding carboxylic acids is 1. The Morgan fingerprint density at radius 1 is 1.21 bits per heavy atom. The second-order valence-electron chi connectivity index (χ2n) is 5.92. The van der Waals surface area contributed by atoms with Crippen molar-refractivity contribution < 1.29 is 14.3 Å². The van der Waals surface area contributed by atoms with Crippen LogP contribution in [0.3, 0.4) is 0 Å². The van der Waals surface area contributed by atoms with Gasteiger partial charge in [-0.3, -0.25) is 9.59 Å². The summed E-state index contributed by atoms with van der Waals surface area (Å²) in [6.07, 6.45) is 0.101. The van der Waals surface area contributed by atoms with Crippen LogP contribution >= 0.6 is 35.0 Å². The lowest BCUT2D eigenvalue weighted by Crippen LogP contribution is -2.18. The van der Waals surface area contributed by atoms with Gasteiger partial charge in [0.25, 0.3) is 5.56 Å². The molecule has 0 saturated heterocycles. The monoisotopic (exact) mass is 453 g/mol. The minimum absolute atomic E-state index is 0.0550. The molecule has 1 amide bonds. The second kappa shape index (κ2) is 9.30. The lowest BCUT2D eigenvalue weighted by atomic mass is 10.1. The molecule has 3 aromatic rings. The number of aromatic nitrogens is 2. The molecule has 6 nitrogen and oxygen atoms in total. The van der Waals surface area contributed by atoms with Crippen LogP contribution < -0.4 is 10.9 Å². The van der Waals surface area contributed by atoms with Crippen molar-refractivity contribution in [1.82, 2.24) is 9.97 Å². The molecule has 0 aliphatic rings. The Morgan fingerprint density at radius 2 is 1.97 bits per heavy atom. The molecule has 0 aliphatic carbocycles. The maximum Gasteiger partial charge on any atom is 0.258 e. The topological polar surface area (TPSA) is 95.1 Å². The number of rotatable bonds is 6. The van der Waals surface area contributed by atoms with Crippen LogP contribution in [0.15, 0.2) is 52.4 Å². The highest BCUT2D eigenvalue weighted by Gasteiger charge is 2.14. The van der Waals surface area contributed by atoms with Crippen LogP contribution in [0.4, 0.5) is 10.1 Å². The number of thioether (sulfide) groups is 1. The highest BCUT2D eigenvalue weighted by Crippen LogP contribution is 2.25. The summed E-state index contributed by atoms with van der Waals surface area (Å²) in [7, 11) is 0. The van der Waals surface area contributed by atoms with Gasteiger partial charge < -0.3 is 15.4 Å². The first-order valence-electron chi connectivity index (χ1n) is 8.26. The summed E-state index contributed by atoms with van der Waals surface area (Å²) in [5.41, 5.74) is 0.246. The molecule has 1 aromatic heterocycles. The normalized spacial score (nSPS) is 10.7. The molecule has 1 heterocycles. The zero-order valence-corrected chi connectivity index (χ0v) is 17.0. The number of carbonyl (C=O) groups is 1. The lowest BCUT2D eigenvalue weighted by molar-refractivity contribution is -0.113. The zero-order chi connectivity index (χ0) is 21.0. The number of benzene rings is 2. The molecule has 10 heteroatoms. The van der Waals surface area contributed by atoms with Gasteiger partial charge in [-0.1, -0.05) is 53.2 Å². The van der Waals surface area contributed by atoms with Crippen LogP contribution in [0.25, 0.3) is 0 Å². The Balaban J connectivity index is 1.67. The molecular weight excluding hydrogens is 440 g/mol. The van der Waals surface area contributed by atoms with Gasteiger partial charge in [-0.25, -0.2) is 4.39 Å². The number of amides is 1. The fourth-order valence-corrected chi connectivity index (χ4v) is 3.41. The van der Waals surface area contributed by atoms with Gasteiger partial charge in [0, 0.05) is 6.42 Å². The molecule has 29 heavy (non-hydrogen) atoms. The van der Waals surface area contributed by atoms with Crippen molar-refractivity contribution in [3.8, 4) is 5.88 Å². The number of hydrogen-bond acceptors (Lipinski definition) is 5. The fourth-order valence-electron chi connectivity index (χ4n) is 2.43. The molecule has 3 rings (SSSR count). The van der Waals surface area contributed by atoms with E-state index in [4.69, 9.17) is 23.2 Å². The smallest absolute Gasteiger partial charge is 0.258 e. The first-order valence-corrected chi connectivity index (χ1v) is 10.0. The lowest BCUT2D eigenvalue weighted by Gasteiger charge is -2.08. The maximum absolute atomic E-state index is 13.6. The van der Waals surface area contributed by atoms with Gasteiger partial charge in [-0.2, -0.15) is 4.98 Å². The number of hydrogen-bond donors (Lipinski definition) is 3. The molecule has 0 fully saturated rings. The summed E-state index contributed by atoms with van der Waals surface area (Å²) >= 11 is 12.7. The first-order chi connectivity index (χ1) is 13.8. The molecule has 0 atom stereocenters. The van der Waals surface area contributed by atoms with Crippen molar-refractivity contribution in [2.45, 2.75) is 11.6 Å². The summed E-state index contributed by atoms with van der Waals surface area (Å²) in [5.74, 6) is -1.62. The number of nitrogens with zero attached hydrogens (tertiary/aromatic N) is 1. The summed E-state index contributed by atoms with van der Waals surface area (Å²) in [4.78, 5) is 30.7. The number of anilines is 1. The molecule has 3 N–H and O–H groups in total. The zero-order valence-electron chi connectivity index (χ0n) is 14.7. The third-order valence-corrected chi connectivity index (χ3v) is 5.44. The van der Waals surface area contributed by atoms with E-state index in [2.05, 4.69) is 15.3 Å². The minimum atomic E-state index is -0.554. The average Bonchev–Trinajstić information content (AvgIpc) is 2.67. The quantitative estimate of drug-likeness (QED) is 0.383. The van der Waals surface area contributed by atoms with E-state index in [9.17, 15) is 19.1 Å². The number of aromatic amines is 1. The highest BCUT2D eigenvalue weighted by atomic mass is 35.5. The number of para-hydroxylation sites is 1. The first kappa shape index (κ1) is 21.2. The summed E-state index contributed by atoms with van der Waals surface area (Å²) in [6.45, 7) is 0. The van der Waals surface area contributed by atoms with Crippen molar-refractivity contribution in [3.05, 3.63) is 79.8 Å². The van der Waals surface area contributed by atoms with Gasteiger partial charge in [-0.05, 0) is 29.8 Å². The summed E-state index contributed by atoms with van der Waals surface area (Å²) in [6, 6.07) is 10.6. The predicted molar refractivity (Wildman–Crippen MR) is 112 cm³/mol. The van der Waals surface area contributed by atoms with Crippen LogP contribution in [0.2, 0.25) is 10.0 Å². The summed E-state index contributed by atoms with van der Waals surface area (Å²) < 4.78 is 13.6. The fraction of sp³-hybridized carbons (Fsp3) is 0.105. The van der Waals surface area contributed by atoms with Crippen LogP contribution in [0.1, 0.15) is 11.1 Å². The number of nitrogens with one attached hydrogen (secondary N) is 2. The van der Waals surface area contributed by atoms with Crippen molar-refractivity contribution in [2.24, 2.45) is 0 Å². The van der Waals surface area contributed by atoms with Crippen LogP contribution in [-0.4, -0.2) is 26.7 Å². The molecule has 150 valence electrons. The third kappa shape index (κ3) is 5.50. The van der Waals surface area contributed by atoms with E-state index in [1.54, 1.807) is 24.3 Å². The molecule has 0 bridgehead atoms. The summed E-state index contributed by atoms with van der Waals surface area (Å²) in [5, 5.41) is 13.3. The number of aromatic hydroxyl groups is 1.